The summed E-state index contributed by atoms with van der Waals surface area (Å²) in [7, 11) is 1.75. The van der Waals surface area contributed by atoms with Gasteiger partial charge in [-0.15, -0.1) is 0 Å². The van der Waals surface area contributed by atoms with Crippen LogP contribution in [0.15, 0.2) is 0 Å². The van der Waals surface area contributed by atoms with Crippen molar-refractivity contribution in [3.63, 3.8) is 0 Å². The van der Waals surface area contributed by atoms with E-state index in [1.165, 1.54) is 0 Å². The number of carbonyl (C=O) groups is 2. The van der Waals surface area contributed by atoms with E-state index in [2.05, 4.69) is 5.32 Å². The lowest BCUT2D eigenvalue weighted by molar-refractivity contribution is -0.128. The van der Waals surface area contributed by atoms with Gasteiger partial charge in [0, 0.05) is 13.6 Å². The number of hydrogen-bond acceptors (Lipinski definition) is 3. The first-order valence-electron chi connectivity index (χ1n) is 4.32. The summed E-state index contributed by atoms with van der Waals surface area (Å²) in [6, 6.07) is -0.687. The molecule has 2 amide bonds. The van der Waals surface area contributed by atoms with Crippen molar-refractivity contribution >= 4 is 11.8 Å². The zero-order valence-corrected chi connectivity index (χ0v) is 7.91. The van der Waals surface area contributed by atoms with Crippen molar-refractivity contribution in [1.29, 1.82) is 0 Å². The molecule has 1 heterocycles. The van der Waals surface area contributed by atoms with Gasteiger partial charge in [-0.25, -0.2) is 0 Å². The van der Waals surface area contributed by atoms with Gasteiger partial charge in [0.05, 0.1) is 12.1 Å². The Hall–Kier alpha value is -1.10. The van der Waals surface area contributed by atoms with E-state index in [0.29, 0.717) is 0 Å². The average Bonchev–Trinajstić information content (AvgIpc) is 2.36. The summed E-state index contributed by atoms with van der Waals surface area (Å²) < 4.78 is 0. The molecular formula is C8H15N3O2. The van der Waals surface area contributed by atoms with Crippen molar-refractivity contribution in [2.24, 2.45) is 5.73 Å². The summed E-state index contributed by atoms with van der Waals surface area (Å²) in [5, 5.41) is 2.89. The predicted molar refractivity (Wildman–Crippen MR) is 47.8 cm³/mol. The molecule has 2 atom stereocenters. The number of carbonyl (C=O) groups excluding carboxylic acids is 2. The van der Waals surface area contributed by atoms with Gasteiger partial charge in [0.2, 0.25) is 11.8 Å². The standard InChI is InChI=1S/C8H15N3O2/c1-5(7(9)12)10-6-3-4-11(2)8(6)13/h5-6,10H,3-4H2,1-2H3,(H2,9,12). The monoisotopic (exact) mass is 185 g/mol. The average molecular weight is 185 g/mol. The van der Waals surface area contributed by atoms with E-state index in [4.69, 9.17) is 5.73 Å². The number of likely N-dealkylation sites (tertiary alicyclic amines) is 1. The molecule has 0 aromatic carbocycles. The Morgan fingerprint density at radius 2 is 2.38 bits per heavy atom. The fourth-order valence-corrected chi connectivity index (χ4v) is 1.36. The maximum Gasteiger partial charge on any atom is 0.239 e. The lowest BCUT2D eigenvalue weighted by Gasteiger charge is -2.15. The van der Waals surface area contributed by atoms with Crippen LogP contribution in [-0.2, 0) is 9.59 Å². The van der Waals surface area contributed by atoms with Gasteiger partial charge in [0.25, 0.3) is 0 Å². The maximum atomic E-state index is 11.4. The highest BCUT2D eigenvalue weighted by molar-refractivity contribution is 5.85. The van der Waals surface area contributed by atoms with Gasteiger partial charge in [-0.3, -0.25) is 14.9 Å². The molecule has 1 rings (SSSR count). The number of nitrogens with two attached hydrogens (primary N) is 1. The van der Waals surface area contributed by atoms with E-state index in [9.17, 15) is 9.59 Å². The lowest BCUT2D eigenvalue weighted by Crippen LogP contribution is -2.47. The first-order chi connectivity index (χ1) is 6.02. The number of nitrogens with zero attached hydrogens (tertiary/aromatic N) is 1. The topological polar surface area (TPSA) is 75.4 Å². The maximum absolute atomic E-state index is 11.4. The van der Waals surface area contributed by atoms with Crippen LogP contribution in [0.3, 0.4) is 0 Å². The van der Waals surface area contributed by atoms with E-state index in [1.807, 2.05) is 0 Å². The molecule has 0 aromatic heterocycles. The molecule has 0 saturated carbocycles. The fraction of sp³-hybridized carbons (Fsp3) is 0.750. The van der Waals surface area contributed by atoms with E-state index < -0.39 is 11.9 Å². The molecule has 0 aliphatic carbocycles. The first kappa shape index (κ1) is 9.98. The molecule has 74 valence electrons. The van der Waals surface area contributed by atoms with Gasteiger partial charge in [0.1, 0.15) is 0 Å². The van der Waals surface area contributed by atoms with Crippen molar-refractivity contribution in [3.8, 4) is 0 Å². The van der Waals surface area contributed by atoms with Gasteiger partial charge in [-0.2, -0.15) is 0 Å². The van der Waals surface area contributed by atoms with Gasteiger partial charge >= 0.3 is 0 Å². The Balaban J connectivity index is 2.47. The van der Waals surface area contributed by atoms with Crippen LogP contribution < -0.4 is 11.1 Å². The SMILES string of the molecule is CC(NC1CCN(C)C1=O)C(N)=O. The summed E-state index contributed by atoms with van der Waals surface area (Å²) in [4.78, 5) is 23.7. The van der Waals surface area contributed by atoms with Crippen molar-refractivity contribution < 1.29 is 9.59 Å². The van der Waals surface area contributed by atoms with Gasteiger partial charge in [-0.05, 0) is 13.3 Å². The predicted octanol–water partition coefficient (Wildman–Crippen LogP) is -1.32. The fourth-order valence-electron chi connectivity index (χ4n) is 1.36. The van der Waals surface area contributed by atoms with Crippen LogP contribution in [0.5, 0.6) is 0 Å². The molecule has 0 radical (unpaired) electrons. The second kappa shape index (κ2) is 3.74. The molecule has 3 N–H and O–H groups in total. The van der Waals surface area contributed by atoms with Crippen LogP contribution in [0.1, 0.15) is 13.3 Å². The summed E-state index contributed by atoms with van der Waals surface area (Å²) >= 11 is 0. The Morgan fingerprint density at radius 1 is 1.77 bits per heavy atom. The highest BCUT2D eigenvalue weighted by Gasteiger charge is 2.30. The highest BCUT2D eigenvalue weighted by atomic mass is 16.2. The van der Waals surface area contributed by atoms with Crippen molar-refractivity contribution in [2.45, 2.75) is 25.4 Å². The molecule has 0 bridgehead atoms. The lowest BCUT2D eigenvalue weighted by atomic mass is 10.2. The van der Waals surface area contributed by atoms with Gasteiger partial charge < -0.3 is 10.6 Å². The number of amides is 2. The van der Waals surface area contributed by atoms with Crippen LogP contribution in [0.4, 0.5) is 0 Å². The summed E-state index contributed by atoms with van der Waals surface area (Å²) in [5.74, 6) is -0.393. The third-order valence-electron chi connectivity index (χ3n) is 2.31. The van der Waals surface area contributed by atoms with Crippen molar-refractivity contribution in [2.75, 3.05) is 13.6 Å². The number of nitrogens with one attached hydrogen (secondary N) is 1. The first-order valence-corrected chi connectivity index (χ1v) is 4.32. The molecule has 0 aromatic rings. The van der Waals surface area contributed by atoms with Crippen molar-refractivity contribution in [1.82, 2.24) is 10.2 Å². The van der Waals surface area contributed by atoms with Crippen LogP contribution in [0.25, 0.3) is 0 Å². The number of primary amides is 1. The molecule has 5 nitrogen and oxygen atoms in total. The smallest absolute Gasteiger partial charge is 0.239 e. The highest BCUT2D eigenvalue weighted by Crippen LogP contribution is 2.08. The number of likely N-dealkylation sites (N-methyl/N-ethyl adjacent to an activating group) is 1. The zero-order valence-electron chi connectivity index (χ0n) is 7.91. The Morgan fingerprint density at radius 3 is 2.77 bits per heavy atom. The zero-order chi connectivity index (χ0) is 10.0. The third kappa shape index (κ3) is 2.18. The molecule has 0 spiro atoms. The van der Waals surface area contributed by atoms with Crippen LogP contribution in [0, 0.1) is 0 Å². The Kier molecular flexibility index (Phi) is 2.87. The van der Waals surface area contributed by atoms with E-state index in [-0.39, 0.29) is 11.9 Å². The summed E-state index contributed by atoms with van der Waals surface area (Å²) in [6.07, 6.45) is 0.743. The molecule has 1 saturated heterocycles. The molecule has 1 aliphatic heterocycles. The number of hydrogen-bond donors (Lipinski definition) is 2. The third-order valence-corrected chi connectivity index (χ3v) is 2.31. The van der Waals surface area contributed by atoms with Crippen LogP contribution in [0.2, 0.25) is 0 Å². The molecule has 1 aliphatic rings. The normalized spacial score (nSPS) is 24.9. The van der Waals surface area contributed by atoms with Gasteiger partial charge in [0.15, 0.2) is 0 Å². The number of rotatable bonds is 3. The molecule has 13 heavy (non-hydrogen) atoms. The van der Waals surface area contributed by atoms with Crippen molar-refractivity contribution in [3.05, 3.63) is 0 Å². The second-order valence-corrected chi connectivity index (χ2v) is 3.39. The second-order valence-electron chi connectivity index (χ2n) is 3.39. The van der Waals surface area contributed by atoms with Crippen LogP contribution >= 0.6 is 0 Å². The van der Waals surface area contributed by atoms with Gasteiger partial charge in [-0.1, -0.05) is 0 Å². The van der Waals surface area contributed by atoms with E-state index in [1.54, 1.807) is 18.9 Å². The molecule has 5 heteroatoms. The summed E-state index contributed by atoms with van der Waals surface area (Å²) in [5.41, 5.74) is 5.07. The quantitative estimate of drug-likeness (QED) is 0.572. The van der Waals surface area contributed by atoms with E-state index in [0.717, 1.165) is 13.0 Å². The Labute approximate surface area is 77.3 Å². The minimum atomic E-state index is -0.444. The molecular weight excluding hydrogens is 170 g/mol. The molecule has 2 unspecified atom stereocenters. The minimum absolute atomic E-state index is 0.0353. The molecule has 1 fully saturated rings. The summed E-state index contributed by atoms with van der Waals surface area (Å²) in [6.45, 7) is 2.40. The largest absolute Gasteiger partial charge is 0.368 e. The van der Waals surface area contributed by atoms with Crippen LogP contribution in [-0.4, -0.2) is 42.4 Å². The Bertz CT molecular complexity index is 229. The van der Waals surface area contributed by atoms with E-state index >= 15 is 0 Å². The minimum Gasteiger partial charge on any atom is -0.368 e.